The van der Waals surface area contributed by atoms with Crippen LogP contribution in [0.4, 0.5) is 10.1 Å². The van der Waals surface area contributed by atoms with Crippen LogP contribution in [0.2, 0.25) is 0 Å². The van der Waals surface area contributed by atoms with E-state index in [-0.39, 0.29) is 22.8 Å². The summed E-state index contributed by atoms with van der Waals surface area (Å²) in [7, 11) is 0. The molecule has 0 unspecified atom stereocenters. The van der Waals surface area contributed by atoms with E-state index in [1.165, 1.54) is 12.4 Å². The predicted octanol–water partition coefficient (Wildman–Crippen LogP) is 2.53. The van der Waals surface area contributed by atoms with E-state index < -0.39 is 11.8 Å². The van der Waals surface area contributed by atoms with Crippen LogP contribution < -0.4 is 5.73 Å². The lowest BCUT2D eigenvalue weighted by atomic mass is 10.2. The molecule has 2 rings (SSSR count). The summed E-state index contributed by atoms with van der Waals surface area (Å²) < 4.78 is 18.7. The molecule has 20 heavy (non-hydrogen) atoms. The Morgan fingerprint density at radius 1 is 1.50 bits per heavy atom. The Balaban J connectivity index is 2.34. The number of esters is 1. The number of nitrogens with zero attached hydrogens (tertiary/aromatic N) is 2. The summed E-state index contributed by atoms with van der Waals surface area (Å²) in [5.74, 6) is -1.09. The zero-order valence-electron chi connectivity index (χ0n) is 10.7. The van der Waals surface area contributed by atoms with Crippen molar-refractivity contribution in [3.8, 4) is 0 Å². The first kappa shape index (κ1) is 14.3. The van der Waals surface area contributed by atoms with E-state index in [0.717, 1.165) is 17.8 Å². The molecule has 0 amide bonds. The molecule has 5 nitrogen and oxygen atoms in total. The Morgan fingerprint density at radius 2 is 2.30 bits per heavy atom. The van der Waals surface area contributed by atoms with E-state index in [0.29, 0.717) is 5.03 Å². The van der Waals surface area contributed by atoms with Crippen molar-refractivity contribution in [3.05, 3.63) is 42.1 Å². The molecule has 0 bridgehead atoms. The van der Waals surface area contributed by atoms with E-state index in [9.17, 15) is 9.18 Å². The number of ether oxygens (including phenoxy) is 1. The Hall–Kier alpha value is -2.15. The third kappa shape index (κ3) is 3.24. The van der Waals surface area contributed by atoms with Gasteiger partial charge in [-0.25, -0.2) is 19.2 Å². The Kier molecular flexibility index (Phi) is 4.52. The molecule has 0 aliphatic rings. The van der Waals surface area contributed by atoms with Gasteiger partial charge in [0.15, 0.2) is 0 Å². The summed E-state index contributed by atoms with van der Waals surface area (Å²) >= 11 is 1.08. The molecule has 0 saturated heterocycles. The number of hydrogen-bond donors (Lipinski definition) is 1. The maximum atomic E-state index is 13.9. The number of halogens is 1. The highest BCUT2D eigenvalue weighted by molar-refractivity contribution is 7.99. The molecule has 104 valence electrons. The minimum atomic E-state index is -0.575. The minimum Gasteiger partial charge on any atom is -0.462 e. The number of rotatable bonds is 4. The van der Waals surface area contributed by atoms with Crippen LogP contribution in [0.5, 0.6) is 0 Å². The summed E-state index contributed by atoms with van der Waals surface area (Å²) in [6.07, 6.45) is 2.92. The molecule has 0 fully saturated rings. The molecule has 0 atom stereocenters. The van der Waals surface area contributed by atoms with Crippen molar-refractivity contribution in [2.75, 3.05) is 12.3 Å². The van der Waals surface area contributed by atoms with Crippen LogP contribution in [0.15, 0.2) is 40.6 Å². The van der Waals surface area contributed by atoms with Crippen LogP contribution in [-0.4, -0.2) is 22.5 Å². The molecular formula is C13H12FN3O2S. The zero-order valence-corrected chi connectivity index (χ0v) is 11.5. The number of benzene rings is 1. The fraction of sp³-hybridized carbons (Fsp3) is 0.154. The molecule has 7 heteroatoms. The van der Waals surface area contributed by atoms with Crippen LogP contribution in [-0.2, 0) is 4.74 Å². The first-order valence-corrected chi connectivity index (χ1v) is 6.63. The second kappa shape index (κ2) is 6.33. The van der Waals surface area contributed by atoms with E-state index in [1.807, 2.05) is 0 Å². The van der Waals surface area contributed by atoms with Crippen molar-refractivity contribution in [2.45, 2.75) is 16.8 Å². The maximum Gasteiger partial charge on any atom is 0.340 e. The number of nitrogen functional groups attached to an aromatic ring is 1. The average molecular weight is 293 g/mol. The Morgan fingerprint density at radius 3 is 2.95 bits per heavy atom. The molecule has 0 saturated carbocycles. The van der Waals surface area contributed by atoms with Gasteiger partial charge in [-0.2, -0.15) is 0 Å². The van der Waals surface area contributed by atoms with E-state index >= 15 is 0 Å². The van der Waals surface area contributed by atoms with E-state index in [4.69, 9.17) is 10.5 Å². The van der Waals surface area contributed by atoms with Gasteiger partial charge in [0.25, 0.3) is 0 Å². The number of carbonyl (C=O) groups excluding carboxylic acids is 1. The molecule has 0 aliphatic heterocycles. The van der Waals surface area contributed by atoms with Gasteiger partial charge in [0.2, 0.25) is 0 Å². The van der Waals surface area contributed by atoms with Crippen LogP contribution in [0.1, 0.15) is 17.3 Å². The van der Waals surface area contributed by atoms with Crippen LogP contribution >= 0.6 is 11.8 Å². The number of anilines is 1. The van der Waals surface area contributed by atoms with Gasteiger partial charge in [0, 0.05) is 11.9 Å². The molecule has 0 aliphatic carbocycles. The van der Waals surface area contributed by atoms with Crippen molar-refractivity contribution < 1.29 is 13.9 Å². The summed E-state index contributed by atoms with van der Waals surface area (Å²) in [5, 5.41) is 0.568. The summed E-state index contributed by atoms with van der Waals surface area (Å²) in [6.45, 7) is 1.91. The monoisotopic (exact) mass is 293 g/mol. The third-order valence-corrected chi connectivity index (χ3v) is 3.35. The number of hydrogen-bond acceptors (Lipinski definition) is 6. The smallest absolute Gasteiger partial charge is 0.340 e. The lowest BCUT2D eigenvalue weighted by Gasteiger charge is -2.09. The minimum absolute atomic E-state index is 0.0491. The fourth-order valence-corrected chi connectivity index (χ4v) is 2.27. The van der Waals surface area contributed by atoms with E-state index in [1.54, 1.807) is 19.2 Å². The second-order valence-corrected chi connectivity index (χ2v) is 4.80. The molecular weight excluding hydrogens is 281 g/mol. The summed E-state index contributed by atoms with van der Waals surface area (Å²) in [4.78, 5) is 19.7. The quantitative estimate of drug-likeness (QED) is 0.530. The highest BCUT2D eigenvalue weighted by Crippen LogP contribution is 2.31. The molecule has 1 heterocycles. The number of aromatic nitrogens is 2. The highest BCUT2D eigenvalue weighted by atomic mass is 32.2. The number of nitrogens with two attached hydrogens (primary N) is 1. The third-order valence-electron chi connectivity index (χ3n) is 2.37. The van der Waals surface area contributed by atoms with Crippen LogP contribution in [0.3, 0.4) is 0 Å². The van der Waals surface area contributed by atoms with Gasteiger partial charge >= 0.3 is 5.97 Å². The van der Waals surface area contributed by atoms with Gasteiger partial charge in [0.1, 0.15) is 17.2 Å². The van der Waals surface area contributed by atoms with Gasteiger partial charge in [-0.3, -0.25) is 0 Å². The van der Waals surface area contributed by atoms with Crippen molar-refractivity contribution in [3.63, 3.8) is 0 Å². The fourth-order valence-electron chi connectivity index (χ4n) is 1.48. The molecule has 0 radical (unpaired) electrons. The topological polar surface area (TPSA) is 78.1 Å². The first-order chi connectivity index (χ1) is 9.61. The molecule has 2 aromatic rings. The van der Waals surface area contributed by atoms with E-state index in [2.05, 4.69) is 9.97 Å². The van der Waals surface area contributed by atoms with Crippen molar-refractivity contribution in [2.24, 2.45) is 0 Å². The average Bonchev–Trinajstić information content (AvgIpc) is 2.43. The van der Waals surface area contributed by atoms with Gasteiger partial charge in [-0.1, -0.05) is 11.8 Å². The SMILES string of the molecule is CCOC(=O)c1cc(Sc2ccncn2)c(F)cc1N. The Labute approximate surface area is 119 Å². The zero-order chi connectivity index (χ0) is 14.5. The van der Waals surface area contributed by atoms with Gasteiger partial charge in [0.05, 0.1) is 17.1 Å². The van der Waals surface area contributed by atoms with Gasteiger partial charge < -0.3 is 10.5 Å². The second-order valence-electron chi connectivity index (χ2n) is 3.74. The maximum absolute atomic E-state index is 13.9. The normalized spacial score (nSPS) is 10.3. The first-order valence-electron chi connectivity index (χ1n) is 5.81. The standard InChI is InChI=1S/C13H12FN3O2S/c1-2-19-13(18)8-5-11(9(14)6-10(8)15)20-12-3-4-16-7-17-12/h3-7H,2,15H2,1H3. The van der Waals surface area contributed by atoms with Crippen LogP contribution in [0.25, 0.3) is 0 Å². The summed E-state index contributed by atoms with van der Waals surface area (Å²) in [5.41, 5.74) is 5.83. The van der Waals surface area contributed by atoms with Gasteiger partial charge in [-0.15, -0.1) is 0 Å². The molecule has 1 aromatic carbocycles. The van der Waals surface area contributed by atoms with Gasteiger partial charge in [-0.05, 0) is 25.1 Å². The largest absolute Gasteiger partial charge is 0.462 e. The van der Waals surface area contributed by atoms with Crippen molar-refractivity contribution in [1.29, 1.82) is 0 Å². The lowest BCUT2D eigenvalue weighted by molar-refractivity contribution is 0.0527. The highest BCUT2D eigenvalue weighted by Gasteiger charge is 2.16. The molecule has 2 N–H and O–H groups in total. The van der Waals surface area contributed by atoms with Crippen LogP contribution in [0, 0.1) is 5.82 Å². The molecule has 1 aromatic heterocycles. The van der Waals surface area contributed by atoms with Crippen molar-refractivity contribution in [1.82, 2.24) is 9.97 Å². The lowest BCUT2D eigenvalue weighted by Crippen LogP contribution is -2.08. The van der Waals surface area contributed by atoms with Crippen molar-refractivity contribution >= 4 is 23.4 Å². The predicted molar refractivity (Wildman–Crippen MR) is 72.9 cm³/mol. The molecule has 0 spiro atoms. The summed E-state index contributed by atoms with van der Waals surface area (Å²) in [6, 6.07) is 4.12. The Bertz CT molecular complexity index is 623. The number of carbonyl (C=O) groups is 1.